The molecule has 0 radical (unpaired) electrons. The molecule has 5 nitrogen and oxygen atoms in total. The van der Waals surface area contributed by atoms with Crippen molar-refractivity contribution >= 4 is 35.1 Å². The van der Waals surface area contributed by atoms with Crippen LogP contribution in [0.2, 0.25) is 0 Å². The fourth-order valence-corrected chi connectivity index (χ4v) is 4.96. The summed E-state index contributed by atoms with van der Waals surface area (Å²) in [5.41, 5.74) is 2.08. The molecule has 0 aliphatic carbocycles. The van der Waals surface area contributed by atoms with Crippen LogP contribution < -0.4 is 14.9 Å². The smallest absolute Gasteiger partial charge is 0.338 e. The quantitative estimate of drug-likeness (QED) is 0.449. The number of thiazole rings is 1. The minimum Gasteiger partial charge on any atom is -0.466 e. The van der Waals surface area contributed by atoms with Gasteiger partial charge in [-0.15, -0.1) is 11.8 Å². The second-order valence-corrected chi connectivity index (χ2v) is 8.79. The van der Waals surface area contributed by atoms with Gasteiger partial charge in [-0.1, -0.05) is 35.6 Å². The number of hydrogen-bond donors (Lipinski definition) is 0. The van der Waals surface area contributed by atoms with E-state index in [4.69, 9.17) is 4.74 Å². The summed E-state index contributed by atoms with van der Waals surface area (Å²) in [4.78, 5) is 32.1. The van der Waals surface area contributed by atoms with E-state index < -0.39 is 12.0 Å². The summed E-state index contributed by atoms with van der Waals surface area (Å²) in [6.07, 6.45) is 3.69. The van der Waals surface area contributed by atoms with Crippen LogP contribution in [0.25, 0.3) is 6.08 Å². The van der Waals surface area contributed by atoms with Gasteiger partial charge in [0, 0.05) is 4.90 Å². The molecule has 158 valence electrons. The second kappa shape index (κ2) is 8.64. The summed E-state index contributed by atoms with van der Waals surface area (Å²) in [6.45, 7) is 1.74. The van der Waals surface area contributed by atoms with Crippen molar-refractivity contribution < 1.29 is 13.9 Å². The molecule has 8 heteroatoms. The molecule has 1 aliphatic heterocycles. The van der Waals surface area contributed by atoms with E-state index in [1.165, 1.54) is 35.1 Å². The number of methoxy groups -OCH3 is 1. The molecule has 31 heavy (non-hydrogen) atoms. The number of hydrogen-bond acceptors (Lipinski definition) is 6. The Morgan fingerprint density at radius 1 is 1.19 bits per heavy atom. The van der Waals surface area contributed by atoms with E-state index in [-0.39, 0.29) is 11.4 Å². The van der Waals surface area contributed by atoms with Crippen LogP contribution in [0, 0.1) is 5.82 Å². The van der Waals surface area contributed by atoms with Crippen LogP contribution in [0.4, 0.5) is 4.39 Å². The molecule has 0 bridgehead atoms. The predicted molar refractivity (Wildman–Crippen MR) is 120 cm³/mol. The molecule has 1 aromatic heterocycles. The molecule has 0 saturated heterocycles. The first-order valence-electron chi connectivity index (χ1n) is 9.43. The maximum absolute atomic E-state index is 13.4. The Morgan fingerprint density at radius 2 is 1.87 bits per heavy atom. The van der Waals surface area contributed by atoms with Gasteiger partial charge < -0.3 is 4.74 Å². The number of fused-ring (bicyclic) bond motifs is 1. The van der Waals surface area contributed by atoms with Gasteiger partial charge in [0.1, 0.15) is 5.82 Å². The molecule has 0 fully saturated rings. The van der Waals surface area contributed by atoms with Gasteiger partial charge >= 0.3 is 5.97 Å². The summed E-state index contributed by atoms with van der Waals surface area (Å²) in [6, 6.07) is 13.0. The zero-order valence-corrected chi connectivity index (χ0v) is 18.7. The highest BCUT2D eigenvalue weighted by Gasteiger charge is 2.33. The van der Waals surface area contributed by atoms with Crippen LogP contribution in [0.5, 0.6) is 0 Å². The summed E-state index contributed by atoms with van der Waals surface area (Å²) < 4.78 is 20.2. The molecule has 0 amide bonds. The standard InChI is InChI=1S/C23H19FN2O3S2/c1-13-19(22(28)29-2)20(15-6-10-17(30-3)11-7-15)26-21(27)18(31-23(26)25-13)12-14-4-8-16(24)9-5-14/h4-12,20H,1-3H3/b18-12+/t20-/m1/s1. The maximum Gasteiger partial charge on any atom is 0.338 e. The lowest BCUT2D eigenvalue weighted by Crippen LogP contribution is -2.39. The summed E-state index contributed by atoms with van der Waals surface area (Å²) in [5, 5.41) is 0. The molecule has 0 spiro atoms. The number of rotatable bonds is 4. The fraction of sp³-hybridized carbons (Fsp3) is 0.174. The van der Waals surface area contributed by atoms with E-state index in [1.54, 1.807) is 36.9 Å². The average molecular weight is 455 g/mol. The second-order valence-electron chi connectivity index (χ2n) is 6.90. The zero-order chi connectivity index (χ0) is 22.1. The molecule has 2 heterocycles. The van der Waals surface area contributed by atoms with Crippen molar-refractivity contribution in [2.45, 2.75) is 17.9 Å². The van der Waals surface area contributed by atoms with Gasteiger partial charge in [0.15, 0.2) is 4.80 Å². The summed E-state index contributed by atoms with van der Waals surface area (Å²) in [5.74, 6) is -0.862. The van der Waals surface area contributed by atoms with Crippen molar-refractivity contribution in [3.8, 4) is 0 Å². The minimum absolute atomic E-state index is 0.263. The van der Waals surface area contributed by atoms with Gasteiger partial charge in [0.2, 0.25) is 0 Å². The molecule has 0 saturated carbocycles. The van der Waals surface area contributed by atoms with E-state index in [0.717, 1.165) is 10.5 Å². The van der Waals surface area contributed by atoms with Crippen molar-refractivity contribution in [3.05, 3.63) is 96.4 Å². The van der Waals surface area contributed by atoms with Crippen molar-refractivity contribution in [2.75, 3.05) is 13.4 Å². The number of nitrogens with zero attached hydrogens (tertiary/aromatic N) is 2. The van der Waals surface area contributed by atoms with E-state index in [0.29, 0.717) is 26.2 Å². The number of allylic oxidation sites excluding steroid dienone is 1. The Hall–Kier alpha value is -2.97. The number of thioether (sulfide) groups is 1. The molecule has 4 rings (SSSR count). The van der Waals surface area contributed by atoms with Gasteiger partial charge in [-0.05, 0) is 54.6 Å². The highest BCUT2D eigenvalue weighted by molar-refractivity contribution is 7.98. The average Bonchev–Trinajstić information content (AvgIpc) is 3.08. The highest BCUT2D eigenvalue weighted by Crippen LogP contribution is 2.31. The predicted octanol–water partition coefficient (Wildman–Crippen LogP) is 3.27. The topological polar surface area (TPSA) is 60.7 Å². The monoisotopic (exact) mass is 454 g/mol. The lowest BCUT2D eigenvalue weighted by atomic mass is 9.96. The third-order valence-electron chi connectivity index (χ3n) is 5.03. The molecule has 1 aliphatic rings. The Kier molecular flexibility index (Phi) is 5.93. The first-order valence-corrected chi connectivity index (χ1v) is 11.5. The lowest BCUT2D eigenvalue weighted by Gasteiger charge is -2.24. The number of carbonyl (C=O) groups excluding carboxylic acids is 1. The largest absolute Gasteiger partial charge is 0.466 e. The third kappa shape index (κ3) is 4.00. The number of carbonyl (C=O) groups is 1. The highest BCUT2D eigenvalue weighted by atomic mass is 32.2. The third-order valence-corrected chi connectivity index (χ3v) is 6.75. The molecule has 3 aromatic rings. The molecule has 2 aromatic carbocycles. The van der Waals surface area contributed by atoms with Crippen LogP contribution in [0.1, 0.15) is 24.1 Å². The van der Waals surface area contributed by atoms with Gasteiger partial charge in [0.25, 0.3) is 5.56 Å². The minimum atomic E-state index is -0.644. The van der Waals surface area contributed by atoms with Crippen LogP contribution >= 0.6 is 23.1 Å². The van der Waals surface area contributed by atoms with Crippen LogP contribution in [-0.2, 0) is 9.53 Å². The van der Waals surface area contributed by atoms with Gasteiger partial charge in [0.05, 0.1) is 29.0 Å². The first-order chi connectivity index (χ1) is 14.9. The summed E-state index contributed by atoms with van der Waals surface area (Å²) >= 11 is 2.85. The Bertz CT molecular complexity index is 1350. The van der Waals surface area contributed by atoms with E-state index in [2.05, 4.69) is 4.99 Å². The Morgan fingerprint density at radius 3 is 2.48 bits per heavy atom. The van der Waals surface area contributed by atoms with Crippen molar-refractivity contribution in [1.29, 1.82) is 0 Å². The van der Waals surface area contributed by atoms with E-state index >= 15 is 0 Å². The van der Waals surface area contributed by atoms with Gasteiger partial charge in [-0.2, -0.15) is 0 Å². The van der Waals surface area contributed by atoms with E-state index in [9.17, 15) is 14.0 Å². The molecular formula is C23H19FN2O3S2. The molecule has 1 atom stereocenters. The number of ether oxygens (including phenoxy) is 1. The summed E-state index contributed by atoms with van der Waals surface area (Å²) in [7, 11) is 1.32. The first kappa shape index (κ1) is 21.3. The number of esters is 1. The van der Waals surface area contributed by atoms with Crippen LogP contribution in [-0.4, -0.2) is 23.9 Å². The van der Waals surface area contributed by atoms with Crippen LogP contribution in [0.15, 0.2) is 74.5 Å². The number of benzene rings is 2. The SMILES string of the molecule is COC(=O)C1=C(C)N=c2s/c(=C/c3ccc(F)cc3)c(=O)n2[C@@H]1c1ccc(SC)cc1. The fourth-order valence-electron chi connectivity index (χ4n) is 3.50. The van der Waals surface area contributed by atoms with Crippen molar-refractivity contribution in [2.24, 2.45) is 4.99 Å². The maximum atomic E-state index is 13.4. The lowest BCUT2D eigenvalue weighted by molar-refractivity contribution is -0.136. The normalized spacial score (nSPS) is 16.1. The van der Waals surface area contributed by atoms with Gasteiger partial charge in [-0.25, -0.2) is 14.2 Å². The Labute approximate surface area is 186 Å². The zero-order valence-electron chi connectivity index (χ0n) is 17.1. The molecule has 0 unspecified atom stereocenters. The Balaban J connectivity index is 1.94. The van der Waals surface area contributed by atoms with Gasteiger partial charge in [-0.3, -0.25) is 9.36 Å². The van der Waals surface area contributed by atoms with Crippen molar-refractivity contribution in [1.82, 2.24) is 4.57 Å². The number of halogens is 1. The molecule has 0 N–H and O–H groups in total. The van der Waals surface area contributed by atoms with E-state index in [1.807, 2.05) is 30.5 Å². The van der Waals surface area contributed by atoms with Crippen molar-refractivity contribution in [3.63, 3.8) is 0 Å². The number of aromatic nitrogens is 1. The molecular weight excluding hydrogens is 435 g/mol. The van der Waals surface area contributed by atoms with Crippen LogP contribution in [0.3, 0.4) is 0 Å².